The molecule has 4 rings (SSSR count). The molecule has 0 bridgehead atoms. The molecule has 0 aliphatic rings. The van der Waals surface area contributed by atoms with E-state index in [1.54, 1.807) is 6.26 Å². The molecule has 164 valence electrons. The van der Waals surface area contributed by atoms with Gasteiger partial charge in [-0.3, -0.25) is 0 Å². The third-order valence-corrected chi connectivity index (χ3v) is 4.89. The minimum atomic E-state index is 0. The van der Waals surface area contributed by atoms with Crippen molar-refractivity contribution in [2.24, 2.45) is 5.92 Å². The first-order valence-electron chi connectivity index (χ1n) is 10.0. The minimum absolute atomic E-state index is 0. The molecule has 2 aromatic heterocycles. The van der Waals surface area contributed by atoms with Gasteiger partial charge in [-0.25, -0.2) is 9.97 Å². The van der Waals surface area contributed by atoms with Gasteiger partial charge in [-0.15, -0.1) is 12.4 Å². The molecule has 31 heavy (non-hydrogen) atoms. The van der Waals surface area contributed by atoms with Crippen LogP contribution in [0.3, 0.4) is 0 Å². The maximum atomic E-state index is 6.20. The van der Waals surface area contributed by atoms with Crippen LogP contribution >= 0.6 is 24.0 Å². The number of benzene rings is 2. The fourth-order valence-electron chi connectivity index (χ4n) is 3.24. The molecular weight excluding hydrogens is 435 g/mol. The number of imidazole rings is 1. The molecule has 2 aromatic carbocycles. The van der Waals surface area contributed by atoms with Gasteiger partial charge in [0.25, 0.3) is 0 Å². The Hall–Kier alpha value is -2.54. The van der Waals surface area contributed by atoms with Gasteiger partial charge in [0.15, 0.2) is 11.7 Å². The van der Waals surface area contributed by atoms with Crippen molar-refractivity contribution in [3.05, 3.63) is 64.7 Å². The number of fused-ring (bicyclic) bond motifs is 1. The molecule has 0 amide bonds. The molecule has 8 heteroatoms. The summed E-state index contributed by atoms with van der Waals surface area (Å²) in [5.41, 5.74) is 4.67. The smallest absolute Gasteiger partial charge is 0.199 e. The van der Waals surface area contributed by atoms with Gasteiger partial charge in [0, 0.05) is 17.1 Å². The summed E-state index contributed by atoms with van der Waals surface area (Å²) in [4.78, 5) is 12.6. The molecule has 2 N–H and O–H groups in total. The Kier molecular flexibility index (Phi) is 7.59. The molecule has 2 heterocycles. The lowest BCUT2D eigenvalue weighted by Crippen LogP contribution is -2.06. The SMILES string of the molecule is CNCc1ccc2nc(-c3coc(Cc4cc(Cl)ccc4OCC(C)C)n3)[nH]c2c1.Cl. The Morgan fingerprint density at radius 3 is 2.77 bits per heavy atom. The van der Waals surface area contributed by atoms with Gasteiger partial charge in [0.1, 0.15) is 17.7 Å². The van der Waals surface area contributed by atoms with E-state index in [1.165, 1.54) is 5.56 Å². The van der Waals surface area contributed by atoms with E-state index in [2.05, 4.69) is 46.2 Å². The number of halogens is 2. The van der Waals surface area contributed by atoms with Crippen LogP contribution in [0.1, 0.15) is 30.9 Å². The largest absolute Gasteiger partial charge is 0.493 e. The third-order valence-electron chi connectivity index (χ3n) is 4.66. The second-order valence-electron chi connectivity index (χ2n) is 7.73. The summed E-state index contributed by atoms with van der Waals surface area (Å²) in [6.07, 6.45) is 2.11. The van der Waals surface area contributed by atoms with E-state index in [4.69, 9.17) is 20.8 Å². The highest BCUT2D eigenvalue weighted by Crippen LogP contribution is 2.27. The molecule has 4 aromatic rings. The number of hydrogen-bond donors (Lipinski definition) is 2. The number of rotatable bonds is 8. The summed E-state index contributed by atoms with van der Waals surface area (Å²) in [6.45, 7) is 5.68. The minimum Gasteiger partial charge on any atom is -0.493 e. The van der Waals surface area contributed by atoms with Crippen LogP contribution in [0.4, 0.5) is 0 Å². The monoisotopic (exact) mass is 460 g/mol. The lowest BCUT2D eigenvalue weighted by Gasteiger charge is -2.12. The summed E-state index contributed by atoms with van der Waals surface area (Å²) >= 11 is 6.20. The fraction of sp³-hybridized carbons (Fsp3) is 0.304. The quantitative estimate of drug-likeness (QED) is 0.355. The molecule has 0 atom stereocenters. The molecule has 0 spiro atoms. The van der Waals surface area contributed by atoms with Crippen molar-refractivity contribution in [3.63, 3.8) is 0 Å². The number of aromatic amines is 1. The predicted molar refractivity (Wildman–Crippen MR) is 126 cm³/mol. The normalized spacial score (nSPS) is 11.1. The summed E-state index contributed by atoms with van der Waals surface area (Å²) in [5.74, 6) is 2.50. The third kappa shape index (κ3) is 5.58. The van der Waals surface area contributed by atoms with E-state index in [-0.39, 0.29) is 12.4 Å². The van der Waals surface area contributed by atoms with Gasteiger partial charge in [-0.1, -0.05) is 31.5 Å². The van der Waals surface area contributed by atoms with Crippen LogP contribution in [-0.2, 0) is 13.0 Å². The zero-order valence-electron chi connectivity index (χ0n) is 17.7. The highest BCUT2D eigenvalue weighted by atomic mass is 35.5. The summed E-state index contributed by atoms with van der Waals surface area (Å²) < 4.78 is 11.7. The van der Waals surface area contributed by atoms with Crippen LogP contribution in [0, 0.1) is 5.92 Å². The lowest BCUT2D eigenvalue weighted by atomic mass is 10.1. The molecule has 0 aliphatic carbocycles. The van der Waals surface area contributed by atoms with Crippen molar-refractivity contribution < 1.29 is 9.15 Å². The number of nitrogens with one attached hydrogen (secondary N) is 2. The zero-order chi connectivity index (χ0) is 21.1. The summed E-state index contributed by atoms with van der Waals surface area (Å²) in [6, 6.07) is 11.8. The average molecular weight is 461 g/mol. The molecule has 0 saturated carbocycles. The van der Waals surface area contributed by atoms with Crippen molar-refractivity contribution in [3.8, 4) is 17.3 Å². The van der Waals surface area contributed by atoms with Crippen molar-refractivity contribution in [1.29, 1.82) is 0 Å². The molecule has 0 fully saturated rings. The summed E-state index contributed by atoms with van der Waals surface area (Å²) in [7, 11) is 1.93. The topological polar surface area (TPSA) is 76.0 Å². The molecule has 6 nitrogen and oxygen atoms in total. The number of H-pyrrole nitrogens is 1. The summed E-state index contributed by atoms with van der Waals surface area (Å²) in [5, 5.41) is 3.81. The zero-order valence-corrected chi connectivity index (χ0v) is 19.3. The molecule has 0 saturated heterocycles. The Labute approximate surface area is 192 Å². The molecule has 0 aliphatic heterocycles. The Balaban J connectivity index is 0.00000272. The van der Waals surface area contributed by atoms with Crippen molar-refractivity contribution >= 4 is 35.0 Å². The van der Waals surface area contributed by atoms with Gasteiger partial charge in [-0.05, 0) is 48.9 Å². The Bertz CT molecular complexity index is 1150. The maximum absolute atomic E-state index is 6.20. The van der Waals surface area contributed by atoms with E-state index >= 15 is 0 Å². The van der Waals surface area contributed by atoms with Crippen molar-refractivity contribution in [2.45, 2.75) is 26.8 Å². The number of nitrogens with zero attached hydrogens (tertiary/aromatic N) is 2. The van der Waals surface area contributed by atoms with Crippen LogP contribution < -0.4 is 10.1 Å². The van der Waals surface area contributed by atoms with Gasteiger partial charge in [0.2, 0.25) is 0 Å². The second-order valence-corrected chi connectivity index (χ2v) is 8.16. The molecular formula is C23H26Cl2N4O2. The predicted octanol–water partition coefficient (Wildman–Crippen LogP) is 5.64. The van der Waals surface area contributed by atoms with E-state index < -0.39 is 0 Å². The van der Waals surface area contributed by atoms with Crippen molar-refractivity contribution in [1.82, 2.24) is 20.3 Å². The standard InChI is InChI=1S/C23H25ClN4O2.ClH/c1-14(2)12-29-21-7-5-17(24)9-16(21)10-22-26-20(13-30-22)23-27-18-6-4-15(11-25-3)8-19(18)28-23;/h4-9,13-14,25H,10-12H2,1-3H3,(H,27,28);1H. The molecule has 0 radical (unpaired) electrons. The van der Waals surface area contributed by atoms with Gasteiger partial charge in [-0.2, -0.15) is 0 Å². The first kappa shape index (κ1) is 23.1. The Morgan fingerprint density at radius 2 is 2.00 bits per heavy atom. The first-order valence-corrected chi connectivity index (χ1v) is 10.4. The highest BCUT2D eigenvalue weighted by Gasteiger charge is 2.14. The number of ether oxygens (including phenoxy) is 1. The first-order chi connectivity index (χ1) is 14.5. The van der Waals surface area contributed by atoms with E-state index in [9.17, 15) is 0 Å². The van der Waals surface area contributed by atoms with Crippen LogP contribution in [0.25, 0.3) is 22.6 Å². The van der Waals surface area contributed by atoms with Crippen molar-refractivity contribution in [2.75, 3.05) is 13.7 Å². The highest BCUT2D eigenvalue weighted by molar-refractivity contribution is 6.30. The number of oxazole rings is 1. The fourth-order valence-corrected chi connectivity index (χ4v) is 3.43. The maximum Gasteiger partial charge on any atom is 0.199 e. The van der Waals surface area contributed by atoms with Crippen LogP contribution in [0.5, 0.6) is 5.75 Å². The van der Waals surface area contributed by atoms with Gasteiger partial charge in [0.05, 0.1) is 24.1 Å². The number of aromatic nitrogens is 3. The van der Waals surface area contributed by atoms with E-state index in [0.717, 1.165) is 28.9 Å². The van der Waals surface area contributed by atoms with E-state index in [1.807, 2.05) is 31.3 Å². The van der Waals surface area contributed by atoms with Crippen LogP contribution in [-0.4, -0.2) is 28.6 Å². The van der Waals surface area contributed by atoms with E-state index in [0.29, 0.717) is 41.4 Å². The average Bonchev–Trinajstić information content (AvgIpc) is 3.34. The van der Waals surface area contributed by atoms with Gasteiger partial charge < -0.3 is 19.5 Å². The Morgan fingerprint density at radius 1 is 1.16 bits per heavy atom. The lowest BCUT2D eigenvalue weighted by molar-refractivity contribution is 0.268. The van der Waals surface area contributed by atoms with Crippen LogP contribution in [0.2, 0.25) is 5.02 Å². The van der Waals surface area contributed by atoms with Crippen LogP contribution in [0.15, 0.2) is 47.1 Å². The molecule has 0 unspecified atom stereocenters. The second kappa shape index (κ2) is 10.2. The number of hydrogen-bond acceptors (Lipinski definition) is 5. The van der Waals surface area contributed by atoms with Gasteiger partial charge >= 0.3 is 0 Å².